The van der Waals surface area contributed by atoms with Crippen LogP contribution in [0.5, 0.6) is 5.75 Å². The Balaban J connectivity index is 1.38. The molecule has 0 aliphatic carbocycles. The van der Waals surface area contributed by atoms with Crippen molar-refractivity contribution < 1.29 is 9.53 Å². The Hall–Kier alpha value is -3.94. The predicted octanol–water partition coefficient (Wildman–Crippen LogP) is 4.10. The van der Waals surface area contributed by atoms with E-state index < -0.39 is 0 Å². The normalized spacial score (nSPS) is 13.9. The lowest BCUT2D eigenvalue weighted by atomic mass is 10.0. The van der Waals surface area contributed by atoms with Gasteiger partial charge in [-0.3, -0.25) is 4.79 Å². The van der Waals surface area contributed by atoms with Crippen molar-refractivity contribution in [3.63, 3.8) is 0 Å². The van der Waals surface area contributed by atoms with E-state index in [1.165, 1.54) is 0 Å². The molecule has 0 unspecified atom stereocenters. The van der Waals surface area contributed by atoms with Crippen LogP contribution in [0.2, 0.25) is 0 Å². The number of hydrogen-bond acceptors (Lipinski definition) is 6. The quantitative estimate of drug-likeness (QED) is 0.437. The summed E-state index contributed by atoms with van der Waals surface area (Å²) in [5.74, 6) is 2.95. The zero-order valence-electron chi connectivity index (χ0n) is 20.7. The molecule has 1 aliphatic heterocycles. The van der Waals surface area contributed by atoms with Crippen molar-refractivity contribution in [1.29, 1.82) is 0 Å². The second-order valence-electron chi connectivity index (χ2n) is 8.84. The fourth-order valence-electron chi connectivity index (χ4n) is 4.71. The number of fused-ring (bicyclic) bond motifs is 1. The minimum atomic E-state index is 0.00657. The van der Waals surface area contributed by atoms with Gasteiger partial charge in [-0.25, -0.2) is 14.6 Å². The van der Waals surface area contributed by atoms with Gasteiger partial charge in [-0.05, 0) is 50.6 Å². The third-order valence-corrected chi connectivity index (χ3v) is 6.33. The average Bonchev–Trinajstić information content (AvgIpc) is 3.21. The fourth-order valence-corrected chi connectivity index (χ4v) is 4.71. The summed E-state index contributed by atoms with van der Waals surface area (Å²) < 4.78 is 7.69. The molecule has 0 radical (unpaired) electrons. The van der Waals surface area contributed by atoms with Gasteiger partial charge in [0.2, 0.25) is 0 Å². The minimum Gasteiger partial charge on any atom is -0.493 e. The van der Waals surface area contributed by atoms with Crippen LogP contribution >= 0.6 is 0 Å². The fraction of sp³-hybridized carbons (Fsp3) is 0.333. The molecule has 8 nitrogen and oxygen atoms in total. The van der Waals surface area contributed by atoms with Crippen LogP contribution in [0.4, 0.5) is 5.82 Å². The van der Waals surface area contributed by atoms with Crippen molar-refractivity contribution in [2.75, 3.05) is 37.7 Å². The van der Waals surface area contributed by atoms with Crippen molar-refractivity contribution in [3.05, 3.63) is 71.3 Å². The highest BCUT2D eigenvalue weighted by Crippen LogP contribution is 2.30. The number of piperazine rings is 1. The Kier molecular flexibility index (Phi) is 6.11. The minimum absolute atomic E-state index is 0.00657. The number of aryl methyl sites for hydroxylation is 3. The Labute approximate surface area is 205 Å². The first-order valence-corrected chi connectivity index (χ1v) is 12.0. The van der Waals surface area contributed by atoms with E-state index in [9.17, 15) is 4.79 Å². The van der Waals surface area contributed by atoms with Gasteiger partial charge in [0, 0.05) is 37.9 Å². The lowest BCUT2D eigenvalue weighted by Gasteiger charge is -2.36. The SMILES string of the molecule is CCOc1ccc2ccccc2c1C(=O)N1CCN(c2cc(-n3nc(C)cc3C)nc(C)n2)CC1. The third kappa shape index (κ3) is 4.43. The molecule has 180 valence electrons. The van der Waals surface area contributed by atoms with Crippen molar-refractivity contribution in [1.82, 2.24) is 24.6 Å². The van der Waals surface area contributed by atoms with E-state index >= 15 is 0 Å². The molecular formula is C27H30N6O2. The number of rotatable bonds is 5. The van der Waals surface area contributed by atoms with Gasteiger partial charge in [-0.2, -0.15) is 5.10 Å². The molecule has 2 aromatic heterocycles. The van der Waals surface area contributed by atoms with Crippen LogP contribution in [0.3, 0.4) is 0 Å². The molecule has 1 saturated heterocycles. The summed E-state index contributed by atoms with van der Waals surface area (Å²) in [7, 11) is 0. The van der Waals surface area contributed by atoms with Crippen molar-refractivity contribution in [3.8, 4) is 11.6 Å². The molecule has 3 heterocycles. The molecule has 0 atom stereocenters. The van der Waals surface area contributed by atoms with E-state index in [0.717, 1.165) is 33.8 Å². The highest BCUT2D eigenvalue weighted by atomic mass is 16.5. The van der Waals surface area contributed by atoms with Crippen LogP contribution in [0.1, 0.15) is 34.5 Å². The molecule has 0 N–H and O–H groups in total. The molecule has 0 bridgehead atoms. The Bertz CT molecular complexity index is 1390. The first-order chi connectivity index (χ1) is 16.9. The van der Waals surface area contributed by atoms with Crippen LogP contribution < -0.4 is 9.64 Å². The summed E-state index contributed by atoms with van der Waals surface area (Å²) in [4.78, 5) is 27.1. The van der Waals surface area contributed by atoms with E-state index in [4.69, 9.17) is 4.74 Å². The second kappa shape index (κ2) is 9.37. The maximum absolute atomic E-state index is 13.7. The molecule has 1 amide bonds. The number of benzene rings is 2. The number of hydrogen-bond donors (Lipinski definition) is 0. The zero-order chi connectivity index (χ0) is 24.5. The van der Waals surface area contributed by atoms with Crippen LogP contribution in [-0.4, -0.2) is 63.3 Å². The van der Waals surface area contributed by atoms with Gasteiger partial charge < -0.3 is 14.5 Å². The van der Waals surface area contributed by atoms with Gasteiger partial charge in [0.15, 0.2) is 5.82 Å². The molecule has 5 rings (SSSR count). The Morgan fingerprint density at radius 3 is 2.40 bits per heavy atom. The van der Waals surface area contributed by atoms with E-state index in [-0.39, 0.29) is 5.91 Å². The number of amides is 1. The summed E-state index contributed by atoms with van der Waals surface area (Å²) in [6.45, 7) is 10.9. The van der Waals surface area contributed by atoms with E-state index in [1.54, 1.807) is 0 Å². The second-order valence-corrected chi connectivity index (χ2v) is 8.84. The lowest BCUT2D eigenvalue weighted by molar-refractivity contribution is 0.0744. The van der Waals surface area contributed by atoms with Crippen LogP contribution in [0.25, 0.3) is 16.6 Å². The Morgan fingerprint density at radius 1 is 0.943 bits per heavy atom. The van der Waals surface area contributed by atoms with Gasteiger partial charge in [0.05, 0.1) is 17.9 Å². The molecule has 0 saturated carbocycles. The summed E-state index contributed by atoms with van der Waals surface area (Å²) >= 11 is 0. The third-order valence-electron chi connectivity index (χ3n) is 6.33. The summed E-state index contributed by atoms with van der Waals surface area (Å²) in [5.41, 5.74) is 2.62. The first-order valence-electron chi connectivity index (χ1n) is 12.0. The monoisotopic (exact) mass is 470 g/mol. The van der Waals surface area contributed by atoms with Gasteiger partial charge in [0.25, 0.3) is 5.91 Å². The standard InChI is InChI=1S/C27H30N6O2/c1-5-35-23-11-10-21-8-6-7-9-22(21)26(23)27(34)32-14-12-31(13-15-32)24-17-25(29-20(4)28-24)33-19(3)16-18(2)30-33/h6-11,16-17H,5,12-15H2,1-4H3. The molecule has 8 heteroatoms. The number of carbonyl (C=O) groups excluding carboxylic acids is 1. The van der Waals surface area contributed by atoms with Gasteiger partial charge in [-0.1, -0.05) is 30.3 Å². The topological polar surface area (TPSA) is 76.4 Å². The number of anilines is 1. The lowest BCUT2D eigenvalue weighted by Crippen LogP contribution is -2.49. The van der Waals surface area contributed by atoms with E-state index in [0.29, 0.717) is 49.9 Å². The number of carbonyl (C=O) groups is 1. The molecule has 2 aromatic carbocycles. The van der Waals surface area contributed by atoms with E-state index in [1.807, 2.05) is 85.8 Å². The first kappa shape index (κ1) is 22.8. The molecule has 4 aromatic rings. The molecule has 1 fully saturated rings. The summed E-state index contributed by atoms with van der Waals surface area (Å²) in [5, 5.41) is 6.52. The maximum Gasteiger partial charge on any atom is 0.258 e. The van der Waals surface area contributed by atoms with Crippen molar-refractivity contribution in [2.45, 2.75) is 27.7 Å². The van der Waals surface area contributed by atoms with Crippen LogP contribution in [0.15, 0.2) is 48.5 Å². The number of nitrogens with zero attached hydrogens (tertiary/aromatic N) is 6. The zero-order valence-corrected chi connectivity index (χ0v) is 20.7. The molecule has 0 spiro atoms. The van der Waals surface area contributed by atoms with Gasteiger partial charge >= 0.3 is 0 Å². The number of ether oxygens (including phenoxy) is 1. The molecular weight excluding hydrogens is 440 g/mol. The van der Waals surface area contributed by atoms with Gasteiger partial charge in [-0.15, -0.1) is 0 Å². The van der Waals surface area contributed by atoms with Crippen LogP contribution in [0, 0.1) is 20.8 Å². The summed E-state index contributed by atoms with van der Waals surface area (Å²) in [6, 6.07) is 15.9. The Morgan fingerprint density at radius 2 is 1.69 bits per heavy atom. The van der Waals surface area contributed by atoms with Gasteiger partial charge in [0.1, 0.15) is 17.4 Å². The smallest absolute Gasteiger partial charge is 0.258 e. The molecule has 1 aliphatic rings. The van der Waals surface area contributed by atoms with Crippen LogP contribution in [-0.2, 0) is 0 Å². The van der Waals surface area contributed by atoms with Crippen molar-refractivity contribution >= 4 is 22.5 Å². The highest BCUT2D eigenvalue weighted by Gasteiger charge is 2.27. The average molecular weight is 471 g/mol. The predicted molar refractivity (Wildman–Crippen MR) is 137 cm³/mol. The largest absolute Gasteiger partial charge is 0.493 e. The summed E-state index contributed by atoms with van der Waals surface area (Å²) in [6.07, 6.45) is 0. The van der Waals surface area contributed by atoms with E-state index in [2.05, 4.69) is 20.0 Å². The maximum atomic E-state index is 13.7. The molecule has 35 heavy (non-hydrogen) atoms. The number of aromatic nitrogens is 4. The van der Waals surface area contributed by atoms with Crippen molar-refractivity contribution in [2.24, 2.45) is 0 Å². The highest BCUT2D eigenvalue weighted by molar-refractivity contribution is 6.09.